The van der Waals surface area contributed by atoms with Crippen LogP contribution in [0.3, 0.4) is 0 Å². The number of ether oxygens (including phenoxy) is 1. The fraction of sp³-hybridized carbons (Fsp3) is 0.0400. The van der Waals surface area contributed by atoms with E-state index >= 15 is 0 Å². The van der Waals surface area contributed by atoms with E-state index in [0.29, 0.717) is 22.8 Å². The monoisotopic (exact) mass is 444 g/mol. The molecule has 0 atom stereocenters. The number of hydrogen-bond acceptors (Lipinski definition) is 4. The standard InChI is InChI=1S/C25H17ClN2O2S/c26-21-9-5-4-8-18(21)15-30-19-12-10-17(11-13-19)23-27-24(29)20-14-22(31-25(20)28-23)16-6-2-1-3-7-16/h1-14H,15H2,(H,27,28,29). The van der Waals surface area contributed by atoms with Crippen LogP contribution in [0.2, 0.25) is 5.02 Å². The summed E-state index contributed by atoms with van der Waals surface area (Å²) in [6.07, 6.45) is 0. The lowest BCUT2D eigenvalue weighted by molar-refractivity contribution is 0.306. The van der Waals surface area contributed by atoms with Crippen LogP contribution < -0.4 is 10.3 Å². The second-order valence-electron chi connectivity index (χ2n) is 7.01. The van der Waals surface area contributed by atoms with Gasteiger partial charge >= 0.3 is 0 Å². The maximum absolute atomic E-state index is 12.6. The van der Waals surface area contributed by atoms with E-state index in [-0.39, 0.29) is 5.56 Å². The summed E-state index contributed by atoms with van der Waals surface area (Å²) in [5.41, 5.74) is 2.68. The van der Waals surface area contributed by atoms with E-state index in [1.54, 1.807) is 0 Å². The molecule has 31 heavy (non-hydrogen) atoms. The Morgan fingerprint density at radius 2 is 1.65 bits per heavy atom. The molecule has 0 amide bonds. The highest BCUT2D eigenvalue weighted by molar-refractivity contribution is 7.21. The fourth-order valence-corrected chi connectivity index (χ4v) is 4.53. The van der Waals surface area contributed by atoms with Crippen LogP contribution in [-0.4, -0.2) is 9.97 Å². The molecule has 0 unspecified atom stereocenters. The number of H-pyrrole nitrogens is 1. The summed E-state index contributed by atoms with van der Waals surface area (Å²) in [6, 6.07) is 27.0. The first-order valence-corrected chi connectivity index (χ1v) is 10.9. The van der Waals surface area contributed by atoms with Crippen LogP contribution in [0.25, 0.3) is 32.0 Å². The van der Waals surface area contributed by atoms with Crippen molar-refractivity contribution in [3.05, 3.63) is 106 Å². The molecule has 6 heteroatoms. The molecule has 5 aromatic rings. The third kappa shape index (κ3) is 4.10. The summed E-state index contributed by atoms with van der Waals surface area (Å²) in [6.45, 7) is 0.386. The SMILES string of the molecule is O=c1[nH]c(-c2ccc(OCc3ccccc3Cl)cc2)nc2sc(-c3ccccc3)cc12. The minimum absolute atomic E-state index is 0.141. The first-order valence-electron chi connectivity index (χ1n) is 9.73. The number of halogens is 1. The number of rotatable bonds is 5. The van der Waals surface area contributed by atoms with Crippen molar-refractivity contribution in [3.8, 4) is 27.6 Å². The van der Waals surface area contributed by atoms with Crippen molar-refractivity contribution in [3.63, 3.8) is 0 Å². The van der Waals surface area contributed by atoms with Gasteiger partial charge in [0.15, 0.2) is 0 Å². The Balaban J connectivity index is 1.40. The van der Waals surface area contributed by atoms with Crippen LogP contribution in [0.5, 0.6) is 5.75 Å². The van der Waals surface area contributed by atoms with E-state index in [1.807, 2.05) is 84.9 Å². The molecule has 0 saturated heterocycles. The maximum atomic E-state index is 12.6. The van der Waals surface area contributed by atoms with Crippen molar-refractivity contribution >= 4 is 33.2 Å². The van der Waals surface area contributed by atoms with Crippen LogP contribution >= 0.6 is 22.9 Å². The van der Waals surface area contributed by atoms with Crippen molar-refractivity contribution in [2.24, 2.45) is 0 Å². The normalized spacial score (nSPS) is 11.0. The molecule has 0 spiro atoms. The zero-order valence-electron chi connectivity index (χ0n) is 16.3. The highest BCUT2D eigenvalue weighted by atomic mass is 35.5. The van der Waals surface area contributed by atoms with Gasteiger partial charge in [-0.05, 0) is 42.0 Å². The number of nitrogens with one attached hydrogen (secondary N) is 1. The molecule has 0 radical (unpaired) electrons. The Bertz CT molecular complexity index is 1410. The van der Waals surface area contributed by atoms with Crippen molar-refractivity contribution in [2.75, 3.05) is 0 Å². The van der Waals surface area contributed by atoms with Gasteiger partial charge < -0.3 is 9.72 Å². The highest BCUT2D eigenvalue weighted by Gasteiger charge is 2.11. The Morgan fingerprint density at radius 3 is 2.42 bits per heavy atom. The molecule has 0 aliphatic heterocycles. The molecular weight excluding hydrogens is 428 g/mol. The summed E-state index contributed by atoms with van der Waals surface area (Å²) >= 11 is 7.69. The van der Waals surface area contributed by atoms with Crippen LogP contribution in [-0.2, 0) is 6.61 Å². The number of aromatic nitrogens is 2. The van der Waals surface area contributed by atoms with E-state index < -0.39 is 0 Å². The lowest BCUT2D eigenvalue weighted by Gasteiger charge is -2.08. The molecule has 0 aliphatic rings. The lowest BCUT2D eigenvalue weighted by Crippen LogP contribution is -2.07. The average Bonchev–Trinajstić information content (AvgIpc) is 3.25. The van der Waals surface area contributed by atoms with E-state index in [0.717, 1.165) is 32.1 Å². The second kappa shape index (κ2) is 8.38. The Morgan fingerprint density at radius 1 is 0.903 bits per heavy atom. The average molecular weight is 445 g/mol. The van der Waals surface area contributed by atoms with Crippen molar-refractivity contribution < 1.29 is 4.74 Å². The van der Waals surface area contributed by atoms with Crippen LogP contribution in [0.15, 0.2) is 89.7 Å². The molecule has 2 aromatic heterocycles. The Labute approximate surface area is 187 Å². The summed E-state index contributed by atoms with van der Waals surface area (Å²) in [7, 11) is 0. The third-order valence-electron chi connectivity index (χ3n) is 4.94. The molecular formula is C25H17ClN2O2S. The Kier molecular flexibility index (Phi) is 5.28. The van der Waals surface area contributed by atoms with Crippen LogP contribution in [0.1, 0.15) is 5.56 Å². The predicted octanol–water partition coefficient (Wildman–Crippen LogP) is 6.55. The zero-order valence-corrected chi connectivity index (χ0v) is 17.9. The van der Waals surface area contributed by atoms with Crippen molar-refractivity contribution in [1.29, 1.82) is 0 Å². The van der Waals surface area contributed by atoms with Gasteiger partial charge in [0.25, 0.3) is 5.56 Å². The molecule has 3 aromatic carbocycles. The van der Waals surface area contributed by atoms with Gasteiger partial charge in [-0.3, -0.25) is 4.79 Å². The molecule has 0 aliphatic carbocycles. The highest BCUT2D eigenvalue weighted by Crippen LogP contribution is 2.31. The van der Waals surface area contributed by atoms with Crippen LogP contribution in [0, 0.1) is 0 Å². The third-order valence-corrected chi connectivity index (χ3v) is 6.39. The van der Waals surface area contributed by atoms with E-state index in [1.165, 1.54) is 11.3 Å². The van der Waals surface area contributed by atoms with Gasteiger partial charge in [-0.25, -0.2) is 4.98 Å². The number of thiophene rings is 1. The largest absolute Gasteiger partial charge is 0.489 e. The smallest absolute Gasteiger partial charge is 0.259 e. The molecule has 0 bridgehead atoms. The first kappa shape index (κ1) is 19.5. The van der Waals surface area contributed by atoms with E-state index in [2.05, 4.69) is 4.98 Å². The zero-order chi connectivity index (χ0) is 21.2. The van der Waals surface area contributed by atoms with Gasteiger partial charge in [0.05, 0.1) is 5.39 Å². The quantitative estimate of drug-likeness (QED) is 0.334. The Hall–Kier alpha value is -3.41. The molecule has 4 nitrogen and oxygen atoms in total. The predicted molar refractivity (Wildman–Crippen MR) is 127 cm³/mol. The molecule has 1 N–H and O–H groups in total. The minimum atomic E-state index is -0.141. The summed E-state index contributed by atoms with van der Waals surface area (Å²) < 4.78 is 5.84. The lowest BCUT2D eigenvalue weighted by atomic mass is 10.2. The van der Waals surface area contributed by atoms with Crippen molar-refractivity contribution in [2.45, 2.75) is 6.61 Å². The van der Waals surface area contributed by atoms with E-state index in [4.69, 9.17) is 21.3 Å². The molecule has 0 saturated carbocycles. The summed E-state index contributed by atoms with van der Waals surface area (Å²) in [5, 5.41) is 1.28. The topological polar surface area (TPSA) is 55.0 Å². The second-order valence-corrected chi connectivity index (χ2v) is 8.45. The number of nitrogens with zero attached hydrogens (tertiary/aromatic N) is 1. The molecule has 152 valence electrons. The minimum Gasteiger partial charge on any atom is -0.489 e. The summed E-state index contributed by atoms with van der Waals surface area (Å²) in [5.74, 6) is 1.26. The van der Waals surface area contributed by atoms with Gasteiger partial charge in [-0.2, -0.15) is 0 Å². The first-order chi connectivity index (χ1) is 15.2. The number of fused-ring (bicyclic) bond motifs is 1. The fourth-order valence-electron chi connectivity index (χ4n) is 3.30. The molecule has 5 rings (SSSR count). The van der Waals surface area contributed by atoms with Gasteiger partial charge in [-0.1, -0.05) is 60.1 Å². The van der Waals surface area contributed by atoms with Gasteiger partial charge in [0.1, 0.15) is 23.0 Å². The molecule has 0 fully saturated rings. The van der Waals surface area contributed by atoms with Crippen LogP contribution in [0.4, 0.5) is 0 Å². The maximum Gasteiger partial charge on any atom is 0.259 e. The summed E-state index contributed by atoms with van der Waals surface area (Å²) in [4.78, 5) is 22.0. The van der Waals surface area contributed by atoms with Gasteiger partial charge in [-0.15, -0.1) is 11.3 Å². The van der Waals surface area contributed by atoms with E-state index in [9.17, 15) is 4.79 Å². The number of hydrogen-bond donors (Lipinski definition) is 1. The van der Waals surface area contributed by atoms with Crippen molar-refractivity contribution in [1.82, 2.24) is 9.97 Å². The number of benzene rings is 3. The number of aromatic amines is 1. The van der Waals surface area contributed by atoms with Gasteiger partial charge in [0, 0.05) is 21.0 Å². The molecule has 2 heterocycles. The van der Waals surface area contributed by atoms with Gasteiger partial charge in [0.2, 0.25) is 0 Å².